The molecule has 0 heterocycles. The van der Waals surface area contributed by atoms with Crippen LogP contribution >= 0.6 is 34.2 Å². The van der Waals surface area contributed by atoms with E-state index in [1.54, 1.807) is 12.1 Å². The van der Waals surface area contributed by atoms with Crippen LogP contribution in [0.1, 0.15) is 23.6 Å². The molecule has 0 saturated carbocycles. The first-order valence-electron chi connectivity index (χ1n) is 9.95. The number of carbonyl (C=O) groups excluding carboxylic acids is 1. The van der Waals surface area contributed by atoms with E-state index in [1.165, 1.54) is 6.21 Å². The molecule has 0 unspecified atom stereocenters. The van der Waals surface area contributed by atoms with Gasteiger partial charge in [0.2, 0.25) is 0 Å². The number of anilines is 1. The predicted octanol–water partition coefficient (Wildman–Crippen LogP) is 6.39. The largest absolute Gasteiger partial charge is 0.490 e. The zero-order valence-electron chi connectivity index (χ0n) is 17.7. The van der Waals surface area contributed by atoms with Gasteiger partial charge in [-0.25, -0.2) is 10.2 Å². The minimum absolute atomic E-state index is 0.366. The second-order valence-corrected chi connectivity index (χ2v) is 8.47. The van der Waals surface area contributed by atoms with Crippen LogP contribution in [-0.2, 0) is 6.61 Å². The van der Waals surface area contributed by atoms with Gasteiger partial charge in [0.1, 0.15) is 6.61 Å². The van der Waals surface area contributed by atoms with Gasteiger partial charge in [0.05, 0.1) is 17.8 Å². The van der Waals surface area contributed by atoms with Gasteiger partial charge in [-0.2, -0.15) is 5.10 Å². The third kappa shape index (κ3) is 6.86. The molecule has 2 N–H and O–H groups in total. The van der Waals surface area contributed by atoms with E-state index in [0.717, 1.165) is 20.4 Å². The summed E-state index contributed by atoms with van der Waals surface area (Å²) in [5.74, 6) is 0.978. The summed E-state index contributed by atoms with van der Waals surface area (Å²) in [5, 5.41) is 7.14. The topological polar surface area (TPSA) is 72.0 Å². The Bertz CT molecular complexity index is 1100. The number of urea groups is 1. The highest BCUT2D eigenvalue weighted by atomic mass is 127. The quantitative estimate of drug-likeness (QED) is 0.190. The van der Waals surface area contributed by atoms with Crippen molar-refractivity contribution < 1.29 is 14.3 Å². The Morgan fingerprint density at radius 3 is 2.59 bits per heavy atom. The average molecular weight is 564 g/mol. The zero-order valence-corrected chi connectivity index (χ0v) is 20.6. The average Bonchev–Trinajstić information content (AvgIpc) is 2.76. The SMILES string of the molecule is CCOc1cc(C=NNC(=O)Nc2ccccc2C)cc(Cl)c1OCc1ccc(I)cc1. The minimum atomic E-state index is -0.441. The monoisotopic (exact) mass is 563 g/mol. The van der Waals surface area contributed by atoms with Gasteiger partial charge < -0.3 is 14.8 Å². The number of halogens is 2. The summed E-state index contributed by atoms with van der Waals surface area (Å²) in [6, 6.07) is 18.6. The van der Waals surface area contributed by atoms with E-state index in [1.807, 2.05) is 62.4 Å². The smallest absolute Gasteiger partial charge is 0.339 e. The highest BCUT2D eigenvalue weighted by Gasteiger charge is 2.13. The standard InChI is InChI=1S/C24H23ClIN3O3/c1-3-31-22-13-18(14-27-29-24(30)28-21-7-5-4-6-16(21)2)12-20(25)23(22)32-15-17-8-10-19(26)11-9-17/h4-14H,3,15H2,1-2H3,(H2,28,29,30). The van der Waals surface area contributed by atoms with E-state index < -0.39 is 6.03 Å². The lowest BCUT2D eigenvalue weighted by Crippen LogP contribution is -2.24. The van der Waals surface area contributed by atoms with Crippen LogP contribution in [0.2, 0.25) is 5.02 Å². The lowest BCUT2D eigenvalue weighted by molar-refractivity contribution is 0.252. The molecular weight excluding hydrogens is 541 g/mol. The van der Waals surface area contributed by atoms with Gasteiger partial charge in [0, 0.05) is 9.26 Å². The summed E-state index contributed by atoms with van der Waals surface area (Å²) in [5.41, 5.74) is 5.81. The fourth-order valence-corrected chi connectivity index (χ4v) is 3.46. The molecule has 8 heteroatoms. The molecule has 0 aromatic heterocycles. The second-order valence-electron chi connectivity index (χ2n) is 6.82. The summed E-state index contributed by atoms with van der Waals surface area (Å²) in [6.07, 6.45) is 1.49. The van der Waals surface area contributed by atoms with Crippen LogP contribution in [0.25, 0.3) is 0 Å². The number of carbonyl (C=O) groups is 1. The van der Waals surface area contributed by atoms with Gasteiger partial charge in [0.15, 0.2) is 11.5 Å². The normalized spacial score (nSPS) is 10.8. The number of amides is 2. The number of hydrazone groups is 1. The fourth-order valence-electron chi connectivity index (χ4n) is 2.83. The van der Waals surface area contributed by atoms with Crippen molar-refractivity contribution in [2.75, 3.05) is 11.9 Å². The maximum absolute atomic E-state index is 12.1. The van der Waals surface area contributed by atoms with Gasteiger partial charge in [0.25, 0.3) is 0 Å². The highest BCUT2D eigenvalue weighted by Crippen LogP contribution is 2.37. The van der Waals surface area contributed by atoms with Gasteiger partial charge in [-0.3, -0.25) is 0 Å². The van der Waals surface area contributed by atoms with Crippen molar-refractivity contribution in [3.8, 4) is 11.5 Å². The number of aryl methyl sites for hydroxylation is 1. The lowest BCUT2D eigenvalue weighted by Gasteiger charge is -2.14. The Labute approximate surface area is 206 Å². The van der Waals surface area contributed by atoms with Crippen LogP contribution in [0.4, 0.5) is 10.5 Å². The van der Waals surface area contributed by atoms with Crippen molar-refractivity contribution in [3.05, 3.63) is 85.9 Å². The molecule has 0 aliphatic rings. The third-order valence-electron chi connectivity index (χ3n) is 4.40. The number of ether oxygens (including phenoxy) is 2. The van der Waals surface area contributed by atoms with Crippen molar-refractivity contribution in [2.24, 2.45) is 5.10 Å². The number of nitrogens with one attached hydrogen (secondary N) is 2. The van der Waals surface area contributed by atoms with E-state index in [-0.39, 0.29) is 0 Å². The van der Waals surface area contributed by atoms with Gasteiger partial charge in [-0.15, -0.1) is 0 Å². The first-order valence-corrected chi connectivity index (χ1v) is 11.4. The summed E-state index contributed by atoms with van der Waals surface area (Å²) < 4.78 is 12.8. The molecule has 3 aromatic carbocycles. The molecule has 6 nitrogen and oxygen atoms in total. The summed E-state index contributed by atoms with van der Waals surface area (Å²) in [7, 11) is 0. The number of rotatable bonds is 8. The fraction of sp³-hybridized carbons (Fsp3) is 0.167. The van der Waals surface area contributed by atoms with Crippen LogP contribution in [0.15, 0.2) is 65.8 Å². The Morgan fingerprint density at radius 1 is 1.12 bits per heavy atom. The minimum Gasteiger partial charge on any atom is -0.490 e. The van der Waals surface area contributed by atoms with Crippen molar-refractivity contribution in [2.45, 2.75) is 20.5 Å². The van der Waals surface area contributed by atoms with Crippen LogP contribution in [0, 0.1) is 10.5 Å². The van der Waals surface area contributed by atoms with Crippen molar-refractivity contribution in [1.82, 2.24) is 5.43 Å². The molecule has 3 rings (SSSR count). The number of nitrogens with zero attached hydrogens (tertiary/aromatic N) is 1. The molecule has 3 aromatic rings. The lowest BCUT2D eigenvalue weighted by atomic mass is 10.2. The molecule has 32 heavy (non-hydrogen) atoms. The molecule has 0 aliphatic heterocycles. The molecule has 166 valence electrons. The number of hydrogen-bond acceptors (Lipinski definition) is 4. The summed E-state index contributed by atoms with van der Waals surface area (Å²) in [4.78, 5) is 12.1. The van der Waals surface area contributed by atoms with Crippen molar-refractivity contribution >= 4 is 52.1 Å². The van der Waals surface area contributed by atoms with Crippen molar-refractivity contribution in [3.63, 3.8) is 0 Å². The van der Waals surface area contributed by atoms with Crippen LogP contribution in [0.3, 0.4) is 0 Å². The first kappa shape index (κ1) is 23.9. The molecule has 0 fully saturated rings. The van der Waals surface area contributed by atoms with E-state index in [4.69, 9.17) is 21.1 Å². The van der Waals surface area contributed by atoms with Crippen molar-refractivity contribution in [1.29, 1.82) is 0 Å². The number of benzene rings is 3. The Kier molecular flexibility index (Phi) is 8.75. The van der Waals surface area contributed by atoms with Crippen LogP contribution < -0.4 is 20.2 Å². The number of hydrogen-bond donors (Lipinski definition) is 2. The van der Waals surface area contributed by atoms with Gasteiger partial charge in [-0.05, 0) is 83.5 Å². The van der Waals surface area contributed by atoms with E-state index >= 15 is 0 Å². The molecule has 0 bridgehead atoms. The Balaban J connectivity index is 1.67. The second kappa shape index (κ2) is 11.7. The Morgan fingerprint density at radius 2 is 1.88 bits per heavy atom. The van der Waals surface area contributed by atoms with E-state index in [0.29, 0.717) is 35.3 Å². The third-order valence-corrected chi connectivity index (χ3v) is 5.40. The maximum atomic E-state index is 12.1. The van der Waals surface area contributed by atoms with Crippen LogP contribution in [0.5, 0.6) is 11.5 Å². The van der Waals surface area contributed by atoms with Gasteiger partial charge in [-0.1, -0.05) is 41.9 Å². The number of para-hydroxylation sites is 1. The Hall–Kier alpha value is -2.78. The molecule has 0 spiro atoms. The molecule has 0 atom stereocenters. The molecule has 0 radical (unpaired) electrons. The maximum Gasteiger partial charge on any atom is 0.339 e. The summed E-state index contributed by atoms with van der Waals surface area (Å²) >= 11 is 8.72. The molecular formula is C24H23ClIN3O3. The zero-order chi connectivity index (χ0) is 22.9. The van der Waals surface area contributed by atoms with Gasteiger partial charge >= 0.3 is 6.03 Å². The molecule has 0 aliphatic carbocycles. The molecule has 2 amide bonds. The first-order chi connectivity index (χ1) is 15.5. The van der Waals surface area contributed by atoms with E-state index in [2.05, 4.69) is 38.4 Å². The highest BCUT2D eigenvalue weighted by molar-refractivity contribution is 14.1. The summed E-state index contributed by atoms with van der Waals surface area (Å²) in [6.45, 7) is 4.62. The van der Waals surface area contributed by atoms with Crippen LogP contribution in [-0.4, -0.2) is 18.9 Å². The predicted molar refractivity (Wildman–Crippen MR) is 137 cm³/mol. The molecule has 0 saturated heterocycles. The van der Waals surface area contributed by atoms with E-state index in [9.17, 15) is 4.79 Å².